The number of carboxylic acid groups (broad SMARTS) is 1. The van der Waals surface area contributed by atoms with Gasteiger partial charge in [-0.25, -0.2) is 0 Å². The number of halogens is 2. The lowest BCUT2D eigenvalue weighted by atomic mass is 9.93. The molecule has 4 aromatic carbocycles. The molecule has 204 valence electrons. The first-order chi connectivity index (χ1) is 19.4. The van der Waals surface area contributed by atoms with Crippen LogP contribution in [0, 0.1) is 0 Å². The Bertz CT molecular complexity index is 1490. The van der Waals surface area contributed by atoms with E-state index in [1.54, 1.807) is 60.7 Å². The molecule has 2 unspecified atom stereocenters. The summed E-state index contributed by atoms with van der Waals surface area (Å²) in [5.41, 5.74) is 1.88. The number of aliphatic carboxylic acids is 1. The van der Waals surface area contributed by atoms with Crippen LogP contribution in [0.3, 0.4) is 0 Å². The second-order valence-corrected chi connectivity index (χ2v) is 10.00. The van der Waals surface area contributed by atoms with Crippen LogP contribution < -0.4 is 19.5 Å². The number of carbonyl (C=O) groups is 2. The summed E-state index contributed by atoms with van der Waals surface area (Å²) in [7, 11) is 0. The summed E-state index contributed by atoms with van der Waals surface area (Å²) in [5, 5.41) is 13.3. The van der Waals surface area contributed by atoms with Crippen LogP contribution in [-0.2, 0) is 4.79 Å². The molecule has 4 aromatic rings. The molecule has 2 atom stereocenters. The summed E-state index contributed by atoms with van der Waals surface area (Å²) in [6, 6.07) is 26.5. The molecule has 9 heteroatoms. The van der Waals surface area contributed by atoms with E-state index >= 15 is 0 Å². The smallest absolute Gasteiger partial charge is 0.311 e. The van der Waals surface area contributed by atoms with E-state index in [0.29, 0.717) is 52.2 Å². The Balaban J connectivity index is 1.24. The lowest BCUT2D eigenvalue weighted by molar-refractivity contribution is -0.139. The molecule has 1 aliphatic heterocycles. The van der Waals surface area contributed by atoms with Crippen molar-refractivity contribution >= 4 is 35.1 Å². The second kappa shape index (κ2) is 12.3. The molecule has 0 saturated heterocycles. The molecule has 0 saturated carbocycles. The maximum atomic E-state index is 12.9. The van der Waals surface area contributed by atoms with Crippen molar-refractivity contribution in [2.45, 2.75) is 18.4 Å². The third kappa shape index (κ3) is 6.50. The maximum Gasteiger partial charge on any atom is 0.311 e. The predicted molar refractivity (Wildman–Crippen MR) is 152 cm³/mol. The maximum absolute atomic E-state index is 12.9. The molecule has 0 aromatic heterocycles. The summed E-state index contributed by atoms with van der Waals surface area (Å²) in [4.78, 5) is 24.5. The van der Waals surface area contributed by atoms with Crippen LogP contribution in [0.1, 0.15) is 39.9 Å². The summed E-state index contributed by atoms with van der Waals surface area (Å²) in [5.74, 6) is -0.0134. The van der Waals surface area contributed by atoms with Gasteiger partial charge in [0.2, 0.25) is 0 Å². The second-order valence-electron chi connectivity index (χ2n) is 9.16. The first-order valence-electron chi connectivity index (χ1n) is 12.6. The molecule has 1 amide bonds. The molecule has 40 heavy (non-hydrogen) atoms. The highest BCUT2D eigenvalue weighted by molar-refractivity contribution is 6.32. The largest absolute Gasteiger partial charge is 0.493 e. The number of fused-ring (bicyclic) bond motifs is 1. The fourth-order valence-corrected chi connectivity index (χ4v) is 4.72. The van der Waals surface area contributed by atoms with Crippen LogP contribution in [0.25, 0.3) is 0 Å². The molecule has 0 spiro atoms. The van der Waals surface area contributed by atoms with Gasteiger partial charge in [0.15, 0.2) is 0 Å². The number of nitrogens with one attached hydrogen (secondary N) is 1. The van der Waals surface area contributed by atoms with Crippen LogP contribution in [0.2, 0.25) is 10.0 Å². The Hall–Kier alpha value is -4.20. The zero-order valence-electron chi connectivity index (χ0n) is 21.2. The summed E-state index contributed by atoms with van der Waals surface area (Å²) in [6.45, 7) is 0.538. The van der Waals surface area contributed by atoms with Crippen LogP contribution in [0.15, 0.2) is 91.0 Å². The summed E-state index contributed by atoms with van der Waals surface area (Å²) in [6.07, 6.45) is -0.0371. The van der Waals surface area contributed by atoms with Crippen LogP contribution in [0.4, 0.5) is 0 Å². The fourth-order valence-electron chi connectivity index (χ4n) is 4.39. The summed E-state index contributed by atoms with van der Waals surface area (Å²) >= 11 is 12.4. The number of hydrogen-bond donors (Lipinski definition) is 2. The van der Waals surface area contributed by atoms with E-state index in [1.807, 2.05) is 30.3 Å². The van der Waals surface area contributed by atoms with E-state index in [-0.39, 0.29) is 17.5 Å². The van der Waals surface area contributed by atoms with Crippen molar-refractivity contribution in [3.63, 3.8) is 0 Å². The molecular weight excluding hydrogens is 553 g/mol. The highest BCUT2D eigenvalue weighted by Crippen LogP contribution is 2.41. The molecule has 7 nitrogen and oxygen atoms in total. The molecule has 0 fully saturated rings. The normalized spacial score (nSPS) is 14.8. The topological polar surface area (TPSA) is 94.1 Å². The Morgan fingerprint density at radius 1 is 0.950 bits per heavy atom. The van der Waals surface area contributed by atoms with Crippen molar-refractivity contribution in [1.29, 1.82) is 0 Å². The third-order valence-corrected chi connectivity index (χ3v) is 7.00. The van der Waals surface area contributed by atoms with E-state index < -0.39 is 18.0 Å². The Morgan fingerprint density at radius 2 is 1.65 bits per heavy atom. The quantitative estimate of drug-likeness (QED) is 0.217. The van der Waals surface area contributed by atoms with Crippen molar-refractivity contribution in [2.75, 3.05) is 13.2 Å². The molecule has 1 heterocycles. The van der Waals surface area contributed by atoms with Gasteiger partial charge in [-0.1, -0.05) is 53.5 Å². The Kier molecular flexibility index (Phi) is 8.43. The van der Waals surface area contributed by atoms with Crippen molar-refractivity contribution < 1.29 is 28.9 Å². The van der Waals surface area contributed by atoms with Crippen molar-refractivity contribution in [2.24, 2.45) is 0 Å². The zero-order valence-corrected chi connectivity index (χ0v) is 22.7. The number of carboxylic acids is 1. The van der Waals surface area contributed by atoms with Gasteiger partial charge in [0.1, 0.15) is 29.1 Å². The van der Waals surface area contributed by atoms with E-state index in [4.69, 9.17) is 37.4 Å². The van der Waals surface area contributed by atoms with E-state index in [1.165, 1.54) is 0 Å². The molecule has 0 radical (unpaired) electrons. The average molecular weight is 578 g/mol. The van der Waals surface area contributed by atoms with Crippen molar-refractivity contribution in [1.82, 2.24) is 5.32 Å². The Morgan fingerprint density at radius 3 is 2.35 bits per heavy atom. The molecule has 5 rings (SSSR count). The Labute approximate surface area is 241 Å². The van der Waals surface area contributed by atoms with Gasteiger partial charge in [-0.15, -0.1) is 0 Å². The minimum absolute atomic E-state index is 0.242. The molecule has 0 bridgehead atoms. The lowest BCUT2D eigenvalue weighted by Gasteiger charge is -2.24. The van der Waals surface area contributed by atoms with Crippen molar-refractivity contribution in [3.8, 4) is 23.0 Å². The highest BCUT2D eigenvalue weighted by Gasteiger charge is 2.29. The number of ether oxygens (including phenoxy) is 3. The summed E-state index contributed by atoms with van der Waals surface area (Å²) < 4.78 is 17.7. The number of benzene rings is 4. The van der Waals surface area contributed by atoms with Crippen LogP contribution >= 0.6 is 23.2 Å². The lowest BCUT2D eigenvalue weighted by Crippen LogP contribution is -2.30. The third-order valence-electron chi connectivity index (χ3n) is 6.46. The fraction of sp³-hybridized carbons (Fsp3) is 0.161. The first kappa shape index (κ1) is 27.4. The van der Waals surface area contributed by atoms with E-state index in [9.17, 15) is 14.7 Å². The number of carbonyl (C=O) groups excluding carboxylic acids is 1. The van der Waals surface area contributed by atoms with Gasteiger partial charge in [0.05, 0.1) is 24.1 Å². The number of amides is 1. The van der Waals surface area contributed by atoms with Gasteiger partial charge in [0.25, 0.3) is 5.91 Å². The standard InChI is InChI=1S/C31H25Cl2NO6/c32-21-8-12-23(13-9-21)40-29(19-4-2-1-3-5-19)18-34-30(35)20-6-10-22(11-7-20)39-28-17-27-25(16-26(28)33)24(31(36)37)14-15-38-27/h1-13,16-17,24,29H,14-15,18H2,(H,34,35)(H,36,37). The SMILES string of the molecule is O=C(NCC(Oc1ccc(Cl)cc1)c1ccccc1)c1ccc(Oc2cc3c(cc2Cl)C(C(=O)O)CCO3)cc1. The zero-order chi connectivity index (χ0) is 28.1. The molecular formula is C31H25Cl2NO6. The molecule has 1 aliphatic rings. The van der Waals surface area contributed by atoms with Gasteiger partial charge in [-0.3, -0.25) is 9.59 Å². The molecule has 2 N–H and O–H groups in total. The van der Waals surface area contributed by atoms with Crippen LogP contribution in [0.5, 0.6) is 23.0 Å². The highest BCUT2D eigenvalue weighted by atomic mass is 35.5. The van der Waals surface area contributed by atoms with Gasteiger partial charge in [0, 0.05) is 22.2 Å². The van der Waals surface area contributed by atoms with Gasteiger partial charge in [-0.05, 0) is 66.6 Å². The predicted octanol–water partition coefficient (Wildman–Crippen LogP) is 7.29. The van der Waals surface area contributed by atoms with Gasteiger partial charge in [-0.2, -0.15) is 0 Å². The van der Waals surface area contributed by atoms with E-state index in [2.05, 4.69) is 5.32 Å². The van der Waals surface area contributed by atoms with Gasteiger partial charge >= 0.3 is 5.97 Å². The minimum atomic E-state index is -0.921. The number of rotatable bonds is 9. The molecule has 0 aliphatic carbocycles. The van der Waals surface area contributed by atoms with Crippen LogP contribution in [-0.4, -0.2) is 30.1 Å². The average Bonchev–Trinajstić information content (AvgIpc) is 2.97. The van der Waals surface area contributed by atoms with Gasteiger partial charge < -0.3 is 24.6 Å². The minimum Gasteiger partial charge on any atom is -0.493 e. The monoisotopic (exact) mass is 577 g/mol. The van der Waals surface area contributed by atoms with Crippen molar-refractivity contribution in [3.05, 3.63) is 118 Å². The number of hydrogen-bond acceptors (Lipinski definition) is 5. The van der Waals surface area contributed by atoms with E-state index in [0.717, 1.165) is 5.56 Å². The first-order valence-corrected chi connectivity index (χ1v) is 13.4.